The van der Waals surface area contributed by atoms with E-state index < -0.39 is 4.92 Å². The van der Waals surface area contributed by atoms with Crippen LogP contribution < -0.4 is 4.74 Å². The minimum absolute atomic E-state index is 0.0471. The fraction of sp³-hybridized carbons (Fsp3) is 0.441. The van der Waals surface area contributed by atoms with E-state index in [4.69, 9.17) is 9.84 Å². The molecule has 0 amide bonds. The highest BCUT2D eigenvalue weighted by atomic mass is 16.6. The van der Waals surface area contributed by atoms with Crippen molar-refractivity contribution in [3.63, 3.8) is 0 Å². The summed E-state index contributed by atoms with van der Waals surface area (Å²) in [4.78, 5) is 24.2. The van der Waals surface area contributed by atoms with Crippen LogP contribution in [0, 0.1) is 27.4 Å². The van der Waals surface area contributed by atoms with Gasteiger partial charge in [-0.15, -0.1) is 0 Å². The van der Waals surface area contributed by atoms with Gasteiger partial charge < -0.3 is 14.9 Å². The molecule has 5 unspecified atom stereocenters. The molecule has 0 spiro atoms. The van der Waals surface area contributed by atoms with Crippen LogP contribution in [0.15, 0.2) is 66.7 Å². The summed E-state index contributed by atoms with van der Waals surface area (Å²) in [5.74, 6) is 2.19. The van der Waals surface area contributed by atoms with Crippen LogP contribution in [-0.4, -0.2) is 33.1 Å². The zero-order chi connectivity index (χ0) is 29.3. The number of aliphatic hydroxyl groups is 2. The Morgan fingerprint density at radius 3 is 2.46 bits per heavy atom. The number of rotatable bonds is 5. The number of fused-ring (bicyclic) bond motifs is 5. The highest BCUT2D eigenvalue weighted by Crippen LogP contribution is 2.61. The minimum atomic E-state index is -0.479. The summed E-state index contributed by atoms with van der Waals surface area (Å²) >= 11 is 0. The van der Waals surface area contributed by atoms with E-state index in [2.05, 4.69) is 13.0 Å². The maximum atomic E-state index is 13.2. The quantitative estimate of drug-likeness (QED) is 0.195. The van der Waals surface area contributed by atoms with Crippen molar-refractivity contribution in [3.8, 4) is 11.5 Å². The predicted molar refractivity (Wildman–Crippen MR) is 157 cm³/mol. The van der Waals surface area contributed by atoms with Crippen LogP contribution in [0.1, 0.15) is 85.8 Å². The molecular formula is C34H39NO6. The number of nitro groups is 1. The average molecular weight is 558 g/mol. The lowest BCUT2D eigenvalue weighted by Crippen LogP contribution is -2.43. The number of hydrogen-bond donors (Lipinski definition) is 2. The van der Waals surface area contributed by atoms with E-state index in [1.807, 2.05) is 18.2 Å². The first-order chi connectivity index (χ1) is 19.6. The second kappa shape index (κ2) is 11.7. The average Bonchev–Trinajstić information content (AvgIpc) is 3.26. The molecule has 0 radical (unpaired) electrons. The van der Waals surface area contributed by atoms with E-state index in [0.29, 0.717) is 34.6 Å². The molecule has 216 valence electrons. The molecule has 7 heteroatoms. The fourth-order valence-electron chi connectivity index (χ4n) is 7.36. The van der Waals surface area contributed by atoms with Crippen LogP contribution in [0.4, 0.5) is 5.69 Å². The third-order valence-corrected chi connectivity index (χ3v) is 9.33. The number of ether oxygens (including phenoxy) is 1. The van der Waals surface area contributed by atoms with E-state index in [0.717, 1.165) is 38.5 Å². The standard InChI is InChI=1S/C31H31NO5.C3H8O/c1-31-16-15-24-23-12-9-22(17-20(23)7-10-25(24)27(31)13-14-29(31)33)37-28-18-21(32(35)36)8-11-26(28)30(34)19-5-3-2-4-6-19;1-3(2)4/h2-6,8-9,11-12,17-18,24-25,27,29,33H,7,10,13-16H2,1H3;3-4H,1-2H3. The summed E-state index contributed by atoms with van der Waals surface area (Å²) in [5, 5.41) is 30.2. The Morgan fingerprint density at radius 1 is 1.02 bits per heavy atom. The van der Waals surface area contributed by atoms with Crippen molar-refractivity contribution in [2.75, 3.05) is 0 Å². The number of carbonyl (C=O) groups is 1. The zero-order valence-corrected chi connectivity index (χ0v) is 24.0. The number of nitrogens with zero attached hydrogens (tertiary/aromatic N) is 1. The first-order valence-corrected chi connectivity index (χ1v) is 14.6. The Hall–Kier alpha value is -3.55. The van der Waals surface area contributed by atoms with Gasteiger partial charge in [-0.05, 0) is 105 Å². The lowest BCUT2D eigenvalue weighted by molar-refractivity contribution is -0.384. The largest absolute Gasteiger partial charge is 0.456 e. The normalized spacial score (nSPS) is 26.2. The van der Waals surface area contributed by atoms with Crippen molar-refractivity contribution in [1.29, 1.82) is 0 Å². The number of aryl methyl sites for hydroxylation is 1. The van der Waals surface area contributed by atoms with Crippen molar-refractivity contribution in [3.05, 3.63) is 99.1 Å². The number of nitro benzene ring substituents is 1. The molecule has 2 saturated carbocycles. The number of ketones is 1. The molecule has 2 N–H and O–H groups in total. The van der Waals surface area contributed by atoms with Gasteiger partial charge in [0, 0.05) is 17.7 Å². The summed E-state index contributed by atoms with van der Waals surface area (Å²) in [7, 11) is 0. The van der Waals surface area contributed by atoms with Crippen LogP contribution in [0.3, 0.4) is 0 Å². The number of aliphatic hydroxyl groups excluding tert-OH is 2. The first kappa shape index (κ1) is 29.0. The molecule has 0 aliphatic heterocycles. The van der Waals surface area contributed by atoms with Gasteiger partial charge in [0.25, 0.3) is 5.69 Å². The summed E-state index contributed by atoms with van der Waals surface area (Å²) in [6.07, 6.45) is 5.86. The molecule has 0 heterocycles. The van der Waals surface area contributed by atoms with Crippen LogP contribution in [0.25, 0.3) is 0 Å². The molecule has 0 saturated heterocycles. The molecule has 3 aliphatic carbocycles. The SMILES string of the molecule is CC(C)O.CC12CCC3c4ccc(Oc5cc([N+](=O)[O-])ccc5C(=O)c5ccccc5)cc4CCC3C1CCC2O. The van der Waals surface area contributed by atoms with Gasteiger partial charge in [0.05, 0.1) is 22.7 Å². The van der Waals surface area contributed by atoms with Gasteiger partial charge in [-0.3, -0.25) is 14.9 Å². The van der Waals surface area contributed by atoms with Gasteiger partial charge in [-0.2, -0.15) is 0 Å². The van der Waals surface area contributed by atoms with Crippen molar-refractivity contribution in [2.45, 2.75) is 77.4 Å². The maximum absolute atomic E-state index is 13.2. The Kier molecular flexibility index (Phi) is 8.30. The van der Waals surface area contributed by atoms with Crippen LogP contribution in [-0.2, 0) is 6.42 Å². The number of non-ortho nitro benzene ring substituents is 1. The van der Waals surface area contributed by atoms with Crippen molar-refractivity contribution in [1.82, 2.24) is 0 Å². The van der Waals surface area contributed by atoms with Crippen LogP contribution in [0.5, 0.6) is 11.5 Å². The Bertz CT molecular complexity index is 1420. The second-order valence-corrected chi connectivity index (χ2v) is 12.2. The minimum Gasteiger partial charge on any atom is -0.456 e. The van der Waals surface area contributed by atoms with E-state index in [-0.39, 0.29) is 34.8 Å². The molecule has 0 bridgehead atoms. The second-order valence-electron chi connectivity index (χ2n) is 12.2. The summed E-state index contributed by atoms with van der Waals surface area (Å²) in [6.45, 7) is 5.73. The molecule has 41 heavy (non-hydrogen) atoms. The molecule has 7 nitrogen and oxygen atoms in total. The highest BCUT2D eigenvalue weighted by molar-refractivity contribution is 6.10. The molecule has 0 aromatic heterocycles. The number of carbonyl (C=O) groups excluding carboxylic acids is 1. The van der Waals surface area contributed by atoms with Crippen LogP contribution >= 0.6 is 0 Å². The topological polar surface area (TPSA) is 110 Å². The van der Waals surface area contributed by atoms with Crippen molar-refractivity contribution < 1.29 is 24.7 Å². The molecule has 3 aliphatic rings. The fourth-order valence-corrected chi connectivity index (χ4v) is 7.36. The lowest BCUT2D eigenvalue weighted by Gasteiger charge is -2.50. The molecule has 6 rings (SSSR count). The van der Waals surface area contributed by atoms with Crippen molar-refractivity contribution >= 4 is 11.5 Å². The van der Waals surface area contributed by atoms with Gasteiger partial charge in [0.15, 0.2) is 5.78 Å². The maximum Gasteiger partial charge on any atom is 0.273 e. The van der Waals surface area contributed by atoms with E-state index >= 15 is 0 Å². The predicted octanol–water partition coefficient (Wildman–Crippen LogP) is 7.22. The summed E-state index contributed by atoms with van der Waals surface area (Å²) in [6, 6.07) is 19.1. The first-order valence-electron chi connectivity index (χ1n) is 14.6. The van der Waals surface area contributed by atoms with Gasteiger partial charge in [0.2, 0.25) is 0 Å². The summed E-state index contributed by atoms with van der Waals surface area (Å²) in [5.41, 5.74) is 3.34. The number of hydrogen-bond acceptors (Lipinski definition) is 6. The molecule has 2 fully saturated rings. The Morgan fingerprint density at radius 2 is 1.76 bits per heavy atom. The monoisotopic (exact) mass is 557 g/mol. The summed E-state index contributed by atoms with van der Waals surface area (Å²) < 4.78 is 6.19. The van der Waals surface area contributed by atoms with Crippen molar-refractivity contribution in [2.24, 2.45) is 17.3 Å². The van der Waals surface area contributed by atoms with E-state index in [9.17, 15) is 20.0 Å². The third-order valence-electron chi connectivity index (χ3n) is 9.33. The van der Waals surface area contributed by atoms with Crippen LogP contribution in [0.2, 0.25) is 0 Å². The molecule has 3 aromatic carbocycles. The van der Waals surface area contributed by atoms with E-state index in [1.54, 1.807) is 38.1 Å². The zero-order valence-electron chi connectivity index (χ0n) is 24.0. The molecular weight excluding hydrogens is 518 g/mol. The Balaban J connectivity index is 0.000000794. The lowest BCUT2D eigenvalue weighted by atomic mass is 9.55. The number of benzene rings is 3. The third kappa shape index (κ3) is 5.79. The van der Waals surface area contributed by atoms with Gasteiger partial charge >= 0.3 is 0 Å². The molecule has 3 aromatic rings. The van der Waals surface area contributed by atoms with Gasteiger partial charge in [-0.1, -0.05) is 43.3 Å². The Labute approximate surface area is 241 Å². The smallest absolute Gasteiger partial charge is 0.273 e. The highest BCUT2D eigenvalue weighted by Gasteiger charge is 2.54. The van der Waals surface area contributed by atoms with Gasteiger partial charge in [0.1, 0.15) is 11.5 Å². The molecule has 5 atom stereocenters. The van der Waals surface area contributed by atoms with E-state index in [1.165, 1.54) is 29.3 Å². The van der Waals surface area contributed by atoms with Gasteiger partial charge in [-0.25, -0.2) is 0 Å².